The quantitative estimate of drug-likeness (QED) is 0.649. The summed E-state index contributed by atoms with van der Waals surface area (Å²) < 4.78 is 0. The van der Waals surface area contributed by atoms with Gasteiger partial charge in [0.15, 0.2) is 0 Å². The average Bonchev–Trinajstić information content (AvgIpc) is 3.13. The summed E-state index contributed by atoms with van der Waals surface area (Å²) in [6.45, 7) is 7.46. The number of rotatable bonds is 8. The van der Waals surface area contributed by atoms with Crippen LogP contribution < -0.4 is 5.32 Å². The Morgan fingerprint density at radius 2 is 2.06 bits per heavy atom. The molecule has 2 N–H and O–H groups in total. The molecular formula is C15H30N2O. The summed E-state index contributed by atoms with van der Waals surface area (Å²) in [5, 5.41) is 12.5. The van der Waals surface area contributed by atoms with Crippen molar-refractivity contribution in [3.05, 3.63) is 0 Å². The summed E-state index contributed by atoms with van der Waals surface area (Å²) in [6.07, 6.45) is 7.82. The van der Waals surface area contributed by atoms with Crippen molar-refractivity contribution in [3.8, 4) is 0 Å². The second-order valence-electron chi connectivity index (χ2n) is 6.28. The van der Waals surface area contributed by atoms with Crippen molar-refractivity contribution in [1.29, 1.82) is 0 Å². The monoisotopic (exact) mass is 254 g/mol. The number of likely N-dealkylation sites (tertiary alicyclic amines) is 1. The van der Waals surface area contributed by atoms with Gasteiger partial charge in [0.2, 0.25) is 0 Å². The van der Waals surface area contributed by atoms with E-state index in [9.17, 15) is 0 Å². The van der Waals surface area contributed by atoms with Gasteiger partial charge in [-0.15, -0.1) is 0 Å². The minimum atomic E-state index is 0.309. The number of piperidine rings is 1. The van der Waals surface area contributed by atoms with Crippen molar-refractivity contribution in [2.24, 2.45) is 11.8 Å². The minimum Gasteiger partial charge on any atom is -0.396 e. The molecule has 18 heavy (non-hydrogen) atoms. The van der Waals surface area contributed by atoms with Crippen molar-refractivity contribution in [3.63, 3.8) is 0 Å². The summed E-state index contributed by atoms with van der Waals surface area (Å²) in [6, 6.07) is 0.653. The highest BCUT2D eigenvalue weighted by atomic mass is 16.3. The standard InChI is InChI=1S/C15H30N2O/c1-2-4-14-9-15(16-7-3-8-18)12-17(11-14)10-13-5-6-13/h13-16,18H,2-12H2,1H3. The molecule has 0 amide bonds. The maximum absolute atomic E-state index is 8.86. The molecule has 1 heterocycles. The summed E-state index contributed by atoms with van der Waals surface area (Å²) in [7, 11) is 0. The van der Waals surface area contributed by atoms with Gasteiger partial charge in [0, 0.05) is 32.3 Å². The van der Waals surface area contributed by atoms with Crippen LogP contribution in [0.15, 0.2) is 0 Å². The second kappa shape index (κ2) is 7.46. The predicted octanol–water partition coefficient (Wildman–Crippen LogP) is 1.86. The van der Waals surface area contributed by atoms with Gasteiger partial charge in [-0.05, 0) is 50.5 Å². The Bertz CT molecular complexity index is 231. The van der Waals surface area contributed by atoms with E-state index >= 15 is 0 Å². The predicted molar refractivity (Wildman–Crippen MR) is 75.7 cm³/mol. The fourth-order valence-corrected chi connectivity index (χ4v) is 3.27. The summed E-state index contributed by atoms with van der Waals surface area (Å²) >= 11 is 0. The van der Waals surface area contributed by atoms with Gasteiger partial charge in [0.05, 0.1) is 0 Å². The van der Waals surface area contributed by atoms with Gasteiger partial charge < -0.3 is 15.3 Å². The Balaban J connectivity index is 1.76. The lowest BCUT2D eigenvalue weighted by Crippen LogP contribution is -2.50. The number of hydrogen-bond donors (Lipinski definition) is 2. The number of aliphatic hydroxyl groups is 1. The molecule has 2 unspecified atom stereocenters. The Hall–Kier alpha value is -0.120. The molecule has 0 aromatic heterocycles. The zero-order chi connectivity index (χ0) is 12.8. The lowest BCUT2D eigenvalue weighted by Gasteiger charge is -2.38. The van der Waals surface area contributed by atoms with Crippen molar-refractivity contribution in [1.82, 2.24) is 10.2 Å². The number of aliphatic hydroxyl groups excluding tert-OH is 1. The van der Waals surface area contributed by atoms with Crippen LogP contribution in [-0.4, -0.2) is 48.8 Å². The van der Waals surface area contributed by atoms with Crippen LogP contribution in [0.2, 0.25) is 0 Å². The van der Waals surface area contributed by atoms with Crippen molar-refractivity contribution in [2.45, 2.75) is 51.5 Å². The van der Waals surface area contributed by atoms with Crippen molar-refractivity contribution < 1.29 is 5.11 Å². The lowest BCUT2D eigenvalue weighted by molar-refractivity contribution is 0.129. The van der Waals surface area contributed by atoms with Crippen LogP contribution in [0.25, 0.3) is 0 Å². The van der Waals surface area contributed by atoms with Crippen LogP contribution in [-0.2, 0) is 0 Å². The third kappa shape index (κ3) is 4.87. The van der Waals surface area contributed by atoms with E-state index in [0.717, 1.165) is 24.8 Å². The molecule has 2 aliphatic rings. The molecule has 0 spiro atoms. The molecule has 2 rings (SSSR count). The molecular weight excluding hydrogens is 224 g/mol. The van der Waals surface area contributed by atoms with E-state index in [4.69, 9.17) is 5.11 Å². The smallest absolute Gasteiger partial charge is 0.0443 e. The first-order chi connectivity index (χ1) is 8.81. The third-order valence-corrected chi connectivity index (χ3v) is 4.29. The molecule has 3 heteroatoms. The van der Waals surface area contributed by atoms with Gasteiger partial charge in [-0.3, -0.25) is 0 Å². The number of hydrogen-bond acceptors (Lipinski definition) is 3. The highest BCUT2D eigenvalue weighted by molar-refractivity contribution is 4.86. The van der Waals surface area contributed by atoms with E-state index < -0.39 is 0 Å². The van der Waals surface area contributed by atoms with Crippen LogP contribution in [0, 0.1) is 11.8 Å². The SMILES string of the molecule is CCCC1CC(NCCCO)CN(CC2CC2)C1. The van der Waals surface area contributed by atoms with Crippen molar-refractivity contribution >= 4 is 0 Å². The molecule has 106 valence electrons. The average molecular weight is 254 g/mol. The van der Waals surface area contributed by atoms with Gasteiger partial charge in [-0.2, -0.15) is 0 Å². The van der Waals surface area contributed by atoms with Gasteiger partial charge in [0.1, 0.15) is 0 Å². The first-order valence-electron chi connectivity index (χ1n) is 7.88. The topological polar surface area (TPSA) is 35.5 Å². The summed E-state index contributed by atoms with van der Waals surface area (Å²) in [5.74, 6) is 1.89. The molecule has 0 bridgehead atoms. The third-order valence-electron chi connectivity index (χ3n) is 4.29. The van der Waals surface area contributed by atoms with E-state index in [0.29, 0.717) is 12.6 Å². The van der Waals surface area contributed by atoms with E-state index in [1.807, 2.05) is 0 Å². The molecule has 0 aromatic rings. The van der Waals surface area contributed by atoms with Crippen LogP contribution >= 0.6 is 0 Å². The van der Waals surface area contributed by atoms with Crippen molar-refractivity contribution in [2.75, 3.05) is 32.8 Å². The maximum Gasteiger partial charge on any atom is 0.0443 e. The summed E-state index contributed by atoms with van der Waals surface area (Å²) in [5.41, 5.74) is 0. The van der Waals surface area contributed by atoms with Crippen LogP contribution in [0.1, 0.15) is 45.4 Å². The normalized spacial score (nSPS) is 29.7. The maximum atomic E-state index is 8.86. The van der Waals surface area contributed by atoms with Crippen LogP contribution in [0.4, 0.5) is 0 Å². The number of nitrogens with one attached hydrogen (secondary N) is 1. The number of nitrogens with zero attached hydrogens (tertiary/aromatic N) is 1. The van der Waals surface area contributed by atoms with E-state index in [1.54, 1.807) is 0 Å². The van der Waals surface area contributed by atoms with Gasteiger partial charge >= 0.3 is 0 Å². The van der Waals surface area contributed by atoms with Gasteiger partial charge in [-0.25, -0.2) is 0 Å². The zero-order valence-electron chi connectivity index (χ0n) is 11.9. The molecule has 1 saturated carbocycles. The molecule has 1 aliphatic heterocycles. The van der Waals surface area contributed by atoms with E-state index in [2.05, 4.69) is 17.1 Å². The molecule has 2 fully saturated rings. The largest absolute Gasteiger partial charge is 0.396 e. The molecule has 1 saturated heterocycles. The molecule has 0 aromatic carbocycles. The Labute approximate surface area is 112 Å². The molecule has 3 nitrogen and oxygen atoms in total. The van der Waals surface area contributed by atoms with Gasteiger partial charge in [-0.1, -0.05) is 13.3 Å². The summed E-state index contributed by atoms with van der Waals surface area (Å²) in [4.78, 5) is 2.69. The fraction of sp³-hybridized carbons (Fsp3) is 1.00. The highest BCUT2D eigenvalue weighted by Gasteiger charge is 2.30. The van der Waals surface area contributed by atoms with E-state index in [1.165, 1.54) is 51.7 Å². The minimum absolute atomic E-state index is 0.309. The molecule has 1 aliphatic carbocycles. The second-order valence-corrected chi connectivity index (χ2v) is 6.28. The van der Waals surface area contributed by atoms with Crippen LogP contribution in [0.3, 0.4) is 0 Å². The first kappa shape index (κ1) is 14.3. The fourth-order valence-electron chi connectivity index (χ4n) is 3.27. The van der Waals surface area contributed by atoms with E-state index in [-0.39, 0.29) is 0 Å². The lowest BCUT2D eigenvalue weighted by atomic mass is 9.90. The Morgan fingerprint density at radius 3 is 2.72 bits per heavy atom. The Morgan fingerprint density at radius 1 is 1.22 bits per heavy atom. The van der Waals surface area contributed by atoms with Gasteiger partial charge in [0.25, 0.3) is 0 Å². The molecule has 2 atom stereocenters. The Kier molecular flexibility index (Phi) is 5.93. The zero-order valence-corrected chi connectivity index (χ0v) is 11.9. The van der Waals surface area contributed by atoms with Crippen LogP contribution in [0.5, 0.6) is 0 Å². The first-order valence-corrected chi connectivity index (χ1v) is 7.88. The highest BCUT2D eigenvalue weighted by Crippen LogP contribution is 2.31. The molecule has 0 radical (unpaired) electrons.